The number of ether oxygens (including phenoxy) is 1. The van der Waals surface area contributed by atoms with Crippen molar-refractivity contribution in [2.24, 2.45) is 0 Å². The van der Waals surface area contributed by atoms with Crippen molar-refractivity contribution < 1.29 is 13.9 Å². The molecule has 1 aromatic heterocycles. The first-order valence-corrected chi connectivity index (χ1v) is 8.35. The van der Waals surface area contributed by atoms with E-state index in [9.17, 15) is 9.18 Å². The number of nitrogens with one attached hydrogen (secondary N) is 2. The Morgan fingerprint density at radius 2 is 2.04 bits per heavy atom. The maximum atomic E-state index is 13.2. The molecule has 0 unspecified atom stereocenters. The lowest BCUT2D eigenvalue weighted by Gasteiger charge is -2.09. The zero-order valence-corrected chi connectivity index (χ0v) is 14.6. The molecule has 3 aromatic rings. The number of H-pyrrole nitrogens is 1. The second-order valence-corrected chi connectivity index (χ2v) is 6.24. The summed E-state index contributed by atoms with van der Waals surface area (Å²) in [7, 11) is 0. The maximum Gasteiger partial charge on any atom is 0.273 e. The van der Waals surface area contributed by atoms with Crippen LogP contribution in [0.15, 0.2) is 54.7 Å². The third kappa shape index (κ3) is 4.47. The summed E-state index contributed by atoms with van der Waals surface area (Å²) in [5, 5.41) is 2.83. The Morgan fingerprint density at radius 1 is 1.23 bits per heavy atom. The number of carbonyl (C=O) groups excluding carboxylic acids is 1. The molecular formula is C20H20FN3O2. The lowest BCUT2D eigenvalue weighted by molar-refractivity contribution is 0.102. The number of nitrogens with zero attached hydrogens (tertiary/aromatic N) is 1. The topological polar surface area (TPSA) is 67.0 Å². The molecule has 6 heteroatoms. The van der Waals surface area contributed by atoms with Crippen LogP contribution in [0.4, 0.5) is 10.1 Å². The fourth-order valence-electron chi connectivity index (χ4n) is 2.41. The molecule has 0 spiro atoms. The van der Waals surface area contributed by atoms with E-state index in [1.807, 2.05) is 32.0 Å². The van der Waals surface area contributed by atoms with E-state index >= 15 is 0 Å². The molecular weight excluding hydrogens is 333 g/mol. The monoisotopic (exact) mass is 353 g/mol. The van der Waals surface area contributed by atoms with E-state index in [-0.39, 0.29) is 24.2 Å². The molecule has 1 heterocycles. The maximum absolute atomic E-state index is 13.2. The molecule has 1 amide bonds. The van der Waals surface area contributed by atoms with Crippen molar-refractivity contribution in [3.8, 4) is 5.75 Å². The zero-order chi connectivity index (χ0) is 18.5. The van der Waals surface area contributed by atoms with Crippen LogP contribution in [0.25, 0.3) is 0 Å². The van der Waals surface area contributed by atoms with Crippen molar-refractivity contribution in [2.75, 3.05) is 5.32 Å². The number of hydrogen-bond acceptors (Lipinski definition) is 3. The van der Waals surface area contributed by atoms with Crippen molar-refractivity contribution in [2.45, 2.75) is 26.4 Å². The van der Waals surface area contributed by atoms with Gasteiger partial charge in [0.15, 0.2) is 0 Å². The van der Waals surface area contributed by atoms with Crippen LogP contribution in [-0.4, -0.2) is 15.9 Å². The fraction of sp³-hybridized carbons (Fsp3) is 0.200. The van der Waals surface area contributed by atoms with Crippen LogP contribution in [0.2, 0.25) is 0 Å². The van der Waals surface area contributed by atoms with Gasteiger partial charge in [0.25, 0.3) is 5.91 Å². The molecule has 134 valence electrons. The van der Waals surface area contributed by atoms with Crippen LogP contribution in [-0.2, 0) is 6.61 Å². The van der Waals surface area contributed by atoms with E-state index in [1.165, 1.54) is 18.3 Å². The molecule has 5 nitrogen and oxygen atoms in total. The first-order valence-electron chi connectivity index (χ1n) is 8.35. The summed E-state index contributed by atoms with van der Waals surface area (Å²) in [5.41, 5.74) is 1.92. The highest BCUT2D eigenvalue weighted by molar-refractivity contribution is 6.02. The number of halogens is 1. The number of hydrogen-bond donors (Lipinski definition) is 2. The Labute approximate surface area is 151 Å². The van der Waals surface area contributed by atoms with E-state index in [4.69, 9.17) is 4.74 Å². The normalized spacial score (nSPS) is 10.8. The van der Waals surface area contributed by atoms with Crippen LogP contribution >= 0.6 is 0 Å². The summed E-state index contributed by atoms with van der Waals surface area (Å²) in [5.74, 6) is 0.849. The quantitative estimate of drug-likeness (QED) is 0.685. The molecule has 0 radical (unpaired) electrons. The third-order valence-electron chi connectivity index (χ3n) is 3.77. The van der Waals surface area contributed by atoms with Gasteiger partial charge in [-0.25, -0.2) is 9.37 Å². The number of benzene rings is 2. The van der Waals surface area contributed by atoms with Crippen LogP contribution in [0.5, 0.6) is 5.75 Å². The minimum absolute atomic E-state index is 0.222. The van der Waals surface area contributed by atoms with Crippen molar-refractivity contribution in [3.63, 3.8) is 0 Å². The SMILES string of the molecule is CC(C)c1ncc(C(=O)Nc2cccc(COc3cccc(F)c3)c2)[nH]1. The molecule has 0 bridgehead atoms. The zero-order valence-electron chi connectivity index (χ0n) is 14.6. The number of imidazole rings is 1. The highest BCUT2D eigenvalue weighted by Gasteiger charge is 2.12. The molecule has 0 atom stereocenters. The molecule has 0 aliphatic heterocycles. The number of anilines is 1. The molecule has 0 fully saturated rings. The Morgan fingerprint density at radius 3 is 2.77 bits per heavy atom. The average Bonchev–Trinajstić information content (AvgIpc) is 3.11. The molecule has 26 heavy (non-hydrogen) atoms. The lowest BCUT2D eigenvalue weighted by atomic mass is 10.2. The third-order valence-corrected chi connectivity index (χ3v) is 3.77. The summed E-state index contributed by atoms with van der Waals surface area (Å²) >= 11 is 0. The Balaban J connectivity index is 1.64. The van der Waals surface area contributed by atoms with Crippen molar-refractivity contribution in [3.05, 3.63) is 77.6 Å². The van der Waals surface area contributed by atoms with Gasteiger partial charge in [0.05, 0.1) is 6.20 Å². The highest BCUT2D eigenvalue weighted by Crippen LogP contribution is 2.17. The van der Waals surface area contributed by atoms with Gasteiger partial charge in [-0.15, -0.1) is 0 Å². The van der Waals surface area contributed by atoms with Crippen LogP contribution in [0.3, 0.4) is 0 Å². The molecule has 0 saturated carbocycles. The largest absolute Gasteiger partial charge is 0.489 e. The van der Waals surface area contributed by atoms with Gasteiger partial charge < -0.3 is 15.0 Å². The fourth-order valence-corrected chi connectivity index (χ4v) is 2.41. The summed E-state index contributed by atoms with van der Waals surface area (Å²) in [4.78, 5) is 19.5. The van der Waals surface area contributed by atoms with Crippen molar-refractivity contribution in [1.29, 1.82) is 0 Å². The molecule has 3 rings (SSSR count). The van der Waals surface area contributed by atoms with Gasteiger partial charge in [-0.3, -0.25) is 4.79 Å². The number of rotatable bonds is 6. The summed E-state index contributed by atoms with van der Waals surface area (Å²) < 4.78 is 18.8. The predicted octanol–water partition coefficient (Wildman–Crippen LogP) is 4.50. The number of amides is 1. The van der Waals surface area contributed by atoms with E-state index in [1.54, 1.807) is 18.2 Å². The van der Waals surface area contributed by atoms with Gasteiger partial charge in [-0.1, -0.05) is 32.0 Å². The van der Waals surface area contributed by atoms with E-state index in [2.05, 4.69) is 15.3 Å². The summed E-state index contributed by atoms with van der Waals surface area (Å²) in [6.45, 7) is 4.28. The van der Waals surface area contributed by atoms with Gasteiger partial charge in [-0.05, 0) is 29.8 Å². The second kappa shape index (κ2) is 7.82. The molecule has 0 saturated heterocycles. The smallest absolute Gasteiger partial charge is 0.273 e. The van der Waals surface area contributed by atoms with Crippen molar-refractivity contribution in [1.82, 2.24) is 9.97 Å². The van der Waals surface area contributed by atoms with Gasteiger partial charge in [0.1, 0.15) is 29.7 Å². The minimum atomic E-state index is -0.344. The molecule has 0 aliphatic carbocycles. The lowest BCUT2D eigenvalue weighted by Crippen LogP contribution is -2.12. The van der Waals surface area contributed by atoms with Gasteiger partial charge >= 0.3 is 0 Å². The number of aromatic amines is 1. The Kier molecular flexibility index (Phi) is 5.31. The van der Waals surface area contributed by atoms with Gasteiger partial charge in [-0.2, -0.15) is 0 Å². The van der Waals surface area contributed by atoms with E-state index in [0.29, 0.717) is 17.1 Å². The molecule has 2 aromatic carbocycles. The predicted molar refractivity (Wildman–Crippen MR) is 97.8 cm³/mol. The van der Waals surface area contributed by atoms with Crippen LogP contribution in [0, 0.1) is 5.82 Å². The molecule has 0 aliphatic rings. The van der Waals surface area contributed by atoms with Gasteiger partial charge in [0, 0.05) is 17.7 Å². The summed E-state index contributed by atoms with van der Waals surface area (Å²) in [6.07, 6.45) is 1.53. The van der Waals surface area contributed by atoms with Crippen LogP contribution < -0.4 is 10.1 Å². The number of carbonyl (C=O) groups is 1. The first-order chi connectivity index (χ1) is 12.5. The van der Waals surface area contributed by atoms with Crippen molar-refractivity contribution >= 4 is 11.6 Å². The Bertz CT molecular complexity index is 905. The second-order valence-electron chi connectivity index (χ2n) is 6.24. The van der Waals surface area contributed by atoms with Crippen LogP contribution in [0.1, 0.15) is 41.6 Å². The number of aromatic nitrogens is 2. The average molecular weight is 353 g/mol. The standard InChI is InChI=1S/C20H20FN3O2/c1-13(2)19-22-11-18(24-19)20(25)23-16-7-3-5-14(9-16)12-26-17-8-4-6-15(21)10-17/h3-11,13H,12H2,1-2H3,(H,22,24)(H,23,25). The van der Waals surface area contributed by atoms with E-state index < -0.39 is 0 Å². The Hall–Kier alpha value is -3.15. The minimum Gasteiger partial charge on any atom is -0.489 e. The first kappa shape index (κ1) is 17.7. The van der Waals surface area contributed by atoms with Gasteiger partial charge in [0.2, 0.25) is 0 Å². The summed E-state index contributed by atoms with van der Waals surface area (Å²) in [6, 6.07) is 13.3. The highest BCUT2D eigenvalue weighted by atomic mass is 19.1. The molecule has 2 N–H and O–H groups in total. The van der Waals surface area contributed by atoms with E-state index in [0.717, 1.165) is 11.4 Å².